The van der Waals surface area contributed by atoms with Gasteiger partial charge in [-0.2, -0.15) is 18.6 Å². The van der Waals surface area contributed by atoms with Crippen LogP contribution in [0.3, 0.4) is 0 Å². The Balaban J connectivity index is 0.000000181. The fraction of sp³-hybridized carbons (Fsp3) is 0.354. The molecule has 2 saturated heterocycles. The Labute approximate surface area is 402 Å². The maximum Gasteiger partial charge on any atom is 0.410 e. The summed E-state index contributed by atoms with van der Waals surface area (Å²) < 4.78 is 147. The van der Waals surface area contributed by atoms with Crippen LogP contribution in [0.4, 0.5) is 31.1 Å². The Morgan fingerprint density at radius 2 is 1.23 bits per heavy atom. The van der Waals surface area contributed by atoms with Crippen LogP contribution in [0, 0.1) is 40.8 Å². The lowest BCUT2D eigenvalue weighted by Gasteiger charge is -2.37. The molecule has 0 saturated carbocycles. The number of ether oxygens (including phenoxy) is 1. The van der Waals surface area contributed by atoms with E-state index in [0.29, 0.717) is 72.7 Å². The number of likely N-dealkylation sites (tertiary alicyclic amines) is 1. The second-order valence-electron chi connectivity index (χ2n) is 17.9. The quantitative estimate of drug-likeness (QED) is 0.0985. The number of nitrogens with one attached hydrogen (secondary N) is 1. The third-order valence-electron chi connectivity index (χ3n) is 11.8. The summed E-state index contributed by atoms with van der Waals surface area (Å²) >= 11 is 0. The fourth-order valence-electron chi connectivity index (χ4n) is 8.38. The zero-order valence-electron chi connectivity index (χ0n) is 38.8. The van der Waals surface area contributed by atoms with Crippen molar-refractivity contribution in [3.63, 3.8) is 0 Å². The molecule has 4 N–H and O–H groups in total. The Morgan fingerprint density at radius 3 is 1.67 bits per heavy atom. The van der Waals surface area contributed by atoms with E-state index in [2.05, 4.69) is 15.5 Å². The second kappa shape index (κ2) is 21.9. The van der Waals surface area contributed by atoms with Crippen molar-refractivity contribution in [3.05, 3.63) is 143 Å². The minimum Gasteiger partial charge on any atom is -0.444 e. The molecule has 0 unspecified atom stereocenters. The van der Waals surface area contributed by atoms with Crippen LogP contribution in [0.15, 0.2) is 107 Å². The first-order chi connectivity index (χ1) is 32.8. The van der Waals surface area contributed by atoms with Crippen LogP contribution in [-0.2, 0) is 38.8 Å². The molecule has 2 aliphatic heterocycles. The smallest absolute Gasteiger partial charge is 0.410 e. The van der Waals surface area contributed by atoms with Gasteiger partial charge in [0, 0.05) is 62.7 Å². The Morgan fingerprint density at radius 1 is 0.714 bits per heavy atom. The van der Waals surface area contributed by atoms with Gasteiger partial charge in [0.15, 0.2) is 33.1 Å². The number of piperidine rings is 2. The summed E-state index contributed by atoms with van der Waals surface area (Å²) in [5.41, 5.74) is 9.09. The van der Waals surface area contributed by atoms with E-state index in [1.165, 1.54) is 35.0 Å². The number of carbonyl (C=O) groups excluding carboxylic acids is 1. The highest BCUT2D eigenvalue weighted by Gasteiger charge is 2.34. The Kier molecular flexibility index (Phi) is 16.7. The van der Waals surface area contributed by atoms with Gasteiger partial charge in [-0.15, -0.1) is 0 Å². The highest BCUT2D eigenvalue weighted by atomic mass is 32.2. The first-order valence-corrected chi connectivity index (χ1v) is 25.0. The molecule has 4 atom stereocenters. The van der Waals surface area contributed by atoms with Crippen molar-refractivity contribution in [1.29, 1.82) is 0 Å². The van der Waals surface area contributed by atoms with E-state index in [4.69, 9.17) is 15.0 Å². The molecule has 0 spiro atoms. The largest absolute Gasteiger partial charge is 0.444 e. The summed E-state index contributed by atoms with van der Waals surface area (Å²) in [4.78, 5) is 12.5. The minimum absolute atomic E-state index is 0.103. The van der Waals surface area contributed by atoms with Gasteiger partial charge in [0.2, 0.25) is 0 Å². The van der Waals surface area contributed by atoms with E-state index in [0.717, 1.165) is 30.3 Å². The number of hydrogen-bond acceptors (Lipinski definition) is 10. The van der Waals surface area contributed by atoms with Gasteiger partial charge in [-0.05, 0) is 130 Å². The zero-order valence-corrected chi connectivity index (χ0v) is 40.4. The standard InChI is InChI=1S/C22H22F3N3O2S.C16H22F2N2O2.C10H9FN2O3S/c1-28-21(7-9-27-28)15-3-5-22(20(25)11-15)31(29,30)13-16-12-26-8-6-17(16)14-2-4-18(23)19(24)10-14;1-16(2,3)22-15(21)20-7-6-11(14(19)9-20)10-4-5-12(17)13(18)8-10;1-13-9(4-5-12-13)7-2-3-10(8(11)6-7)17(14,15)16/h2-5,7,9-11,16-17,26H,6,8,12-13H2,1H3;4-5,8,11,14H,6-7,9,19H2,1-3H3;2-6H,1H3,(H,14,15,16)/t16-,17-;11-,14+;/m00./s1. The number of rotatable bonds is 8. The summed E-state index contributed by atoms with van der Waals surface area (Å²) in [7, 11) is -5.08. The fourth-order valence-corrected chi connectivity index (χ4v) is 10.6. The van der Waals surface area contributed by atoms with Crippen LogP contribution in [0.5, 0.6) is 0 Å². The molecule has 2 aromatic heterocycles. The van der Waals surface area contributed by atoms with Gasteiger partial charge in [-0.1, -0.05) is 24.3 Å². The first-order valence-electron chi connectivity index (χ1n) is 21.9. The zero-order chi connectivity index (χ0) is 51.3. The highest BCUT2D eigenvalue weighted by Crippen LogP contribution is 2.35. The van der Waals surface area contributed by atoms with Crippen molar-refractivity contribution >= 4 is 26.0 Å². The van der Waals surface area contributed by atoms with Gasteiger partial charge in [0.1, 0.15) is 27.0 Å². The summed E-state index contributed by atoms with van der Waals surface area (Å²) in [6, 6.07) is 18.0. The monoisotopic (exact) mass is 1020 g/mol. The summed E-state index contributed by atoms with van der Waals surface area (Å²) in [5, 5.41) is 11.1. The van der Waals surface area contributed by atoms with Crippen molar-refractivity contribution < 1.29 is 57.3 Å². The number of hydrogen-bond donors (Lipinski definition) is 3. The van der Waals surface area contributed by atoms with E-state index >= 15 is 0 Å². The lowest BCUT2D eigenvalue weighted by Crippen LogP contribution is -2.50. The predicted molar refractivity (Wildman–Crippen MR) is 249 cm³/mol. The molecule has 0 aliphatic carbocycles. The molecule has 4 heterocycles. The van der Waals surface area contributed by atoms with Crippen LogP contribution in [0.25, 0.3) is 22.5 Å². The molecule has 6 aromatic rings. The van der Waals surface area contributed by atoms with Gasteiger partial charge in [-0.3, -0.25) is 13.9 Å². The highest BCUT2D eigenvalue weighted by molar-refractivity contribution is 7.91. The molecular formula is C48H53F6N7O7S2. The van der Waals surface area contributed by atoms with Gasteiger partial charge in [0.05, 0.1) is 17.1 Å². The van der Waals surface area contributed by atoms with E-state index < -0.39 is 77.4 Å². The average molecular weight is 1020 g/mol. The predicted octanol–water partition coefficient (Wildman–Crippen LogP) is 8.16. The number of aromatic nitrogens is 4. The maximum atomic E-state index is 14.8. The normalized spacial score (nSPS) is 18.6. The molecule has 376 valence electrons. The molecule has 1 amide bonds. The van der Waals surface area contributed by atoms with Crippen molar-refractivity contribution in [2.75, 3.05) is 31.9 Å². The molecule has 0 bridgehead atoms. The van der Waals surface area contributed by atoms with Crippen LogP contribution >= 0.6 is 0 Å². The number of aryl methyl sites for hydroxylation is 2. The lowest BCUT2D eigenvalue weighted by atomic mass is 9.82. The van der Waals surface area contributed by atoms with Gasteiger partial charge < -0.3 is 20.7 Å². The molecule has 4 aromatic carbocycles. The third kappa shape index (κ3) is 13.2. The van der Waals surface area contributed by atoms with Crippen molar-refractivity contribution in [2.24, 2.45) is 25.7 Å². The number of nitrogens with zero attached hydrogens (tertiary/aromatic N) is 5. The van der Waals surface area contributed by atoms with Crippen LogP contribution in [-0.4, -0.2) is 95.5 Å². The lowest BCUT2D eigenvalue weighted by molar-refractivity contribution is 0.0186. The third-order valence-corrected chi connectivity index (χ3v) is 14.6. The van der Waals surface area contributed by atoms with E-state index in [9.17, 15) is 48.0 Å². The number of sulfone groups is 1. The SMILES string of the molecule is CC(C)(C)OC(=O)N1CC[C@@H](c2ccc(F)c(F)c2)[C@H](N)C1.Cn1nccc1-c1ccc(S(=O)(=O)C[C@@H]2CNCC[C@H]2c2ccc(F)c(F)c2)c(F)c1.Cn1nccc1-c1ccc(S(=O)(=O)O)c(F)c1. The number of amides is 1. The summed E-state index contributed by atoms with van der Waals surface area (Å²) in [6.45, 7) is 7.24. The Bertz CT molecular complexity index is 3060. The molecular weight excluding hydrogens is 965 g/mol. The topological polar surface area (TPSA) is 192 Å². The number of nitrogens with two attached hydrogens (primary N) is 1. The van der Waals surface area contributed by atoms with Gasteiger partial charge in [-0.25, -0.2) is 39.6 Å². The van der Waals surface area contributed by atoms with Crippen molar-refractivity contribution in [2.45, 2.75) is 66.9 Å². The summed E-state index contributed by atoms with van der Waals surface area (Å²) in [5.74, 6) is -6.56. The number of benzene rings is 4. The molecule has 2 fully saturated rings. The molecule has 14 nitrogen and oxygen atoms in total. The number of carbonyl (C=O) groups is 1. The van der Waals surface area contributed by atoms with Gasteiger partial charge in [0.25, 0.3) is 10.1 Å². The van der Waals surface area contributed by atoms with E-state index in [-0.39, 0.29) is 28.5 Å². The molecule has 22 heteroatoms. The van der Waals surface area contributed by atoms with E-state index in [1.54, 1.807) is 81.1 Å². The van der Waals surface area contributed by atoms with Crippen molar-refractivity contribution in [3.8, 4) is 22.5 Å². The maximum absolute atomic E-state index is 14.8. The first kappa shape index (κ1) is 53.3. The molecule has 0 radical (unpaired) electrons. The Hall–Kier alpha value is -6.07. The minimum atomic E-state index is -4.53. The number of halogens is 6. The average Bonchev–Trinajstić information content (AvgIpc) is 3.92. The van der Waals surface area contributed by atoms with Crippen molar-refractivity contribution in [1.82, 2.24) is 29.8 Å². The van der Waals surface area contributed by atoms with Crippen LogP contribution < -0.4 is 11.1 Å². The van der Waals surface area contributed by atoms with E-state index in [1.807, 2.05) is 0 Å². The van der Waals surface area contributed by atoms with Crippen LogP contribution in [0.1, 0.15) is 56.6 Å². The van der Waals surface area contributed by atoms with Gasteiger partial charge >= 0.3 is 6.09 Å². The van der Waals surface area contributed by atoms with Crippen LogP contribution in [0.2, 0.25) is 0 Å². The molecule has 2 aliphatic rings. The summed E-state index contributed by atoms with van der Waals surface area (Å²) in [6.07, 6.45) is 3.89. The second-order valence-corrected chi connectivity index (χ2v) is 21.3. The molecule has 8 rings (SSSR count). The molecule has 70 heavy (non-hydrogen) atoms.